The molecular weight excluding hydrogens is 276 g/mol. The average molecular weight is 299 g/mol. The lowest BCUT2D eigenvalue weighted by Crippen LogP contribution is -2.87. The van der Waals surface area contributed by atoms with Crippen LogP contribution in [0.5, 0.6) is 0 Å². The van der Waals surface area contributed by atoms with E-state index in [-0.39, 0.29) is 18.0 Å². The van der Waals surface area contributed by atoms with Gasteiger partial charge in [0.15, 0.2) is 12.3 Å². The highest BCUT2D eigenvalue weighted by Crippen LogP contribution is 2.29. The average Bonchev–Trinajstić information content (AvgIpc) is 3.07. The van der Waals surface area contributed by atoms with Gasteiger partial charge in [-0.25, -0.2) is 0 Å². The van der Waals surface area contributed by atoms with Gasteiger partial charge in [-0.2, -0.15) is 0 Å². The first-order valence-electron chi connectivity index (χ1n) is 7.98. The highest BCUT2D eigenvalue weighted by Gasteiger charge is 2.22. The third-order valence-electron chi connectivity index (χ3n) is 4.35. The standard InChI is InChI=1S/C18H22N2O2/c1-13(17-10-5-11-22-17)19-12-18(21)20-16-9-4-7-14-6-2-3-8-15(14)16/h2-3,5-6,8,10-11,13,16,19H,4,7,9,12H2,1H3,(H,20,21)/p+1/t13-,16-/m0/s1. The van der Waals surface area contributed by atoms with Gasteiger partial charge in [0.05, 0.1) is 12.3 Å². The molecular formula is C18H23N2O2+. The fourth-order valence-electron chi connectivity index (χ4n) is 3.11. The van der Waals surface area contributed by atoms with Crippen LogP contribution < -0.4 is 10.6 Å². The summed E-state index contributed by atoms with van der Waals surface area (Å²) in [5.41, 5.74) is 2.65. The number of nitrogens with two attached hydrogens (primary N) is 1. The maximum atomic E-state index is 12.2. The number of benzene rings is 1. The van der Waals surface area contributed by atoms with Crippen molar-refractivity contribution in [2.45, 2.75) is 38.3 Å². The van der Waals surface area contributed by atoms with Gasteiger partial charge in [-0.3, -0.25) is 4.79 Å². The van der Waals surface area contributed by atoms with Gasteiger partial charge in [-0.1, -0.05) is 24.3 Å². The van der Waals surface area contributed by atoms with Crippen LogP contribution in [0.15, 0.2) is 47.1 Å². The number of carbonyl (C=O) groups excluding carboxylic acids is 1. The molecule has 0 radical (unpaired) electrons. The first kappa shape index (κ1) is 14.9. The molecule has 1 aromatic heterocycles. The molecule has 116 valence electrons. The lowest BCUT2D eigenvalue weighted by atomic mass is 9.88. The van der Waals surface area contributed by atoms with Gasteiger partial charge in [0.1, 0.15) is 6.04 Å². The zero-order chi connectivity index (χ0) is 15.4. The van der Waals surface area contributed by atoms with Crippen LogP contribution in [-0.4, -0.2) is 12.5 Å². The molecule has 2 aromatic rings. The molecule has 0 saturated heterocycles. The number of nitrogens with one attached hydrogen (secondary N) is 1. The van der Waals surface area contributed by atoms with Crippen molar-refractivity contribution in [3.8, 4) is 0 Å². The summed E-state index contributed by atoms with van der Waals surface area (Å²) in [4.78, 5) is 12.2. The summed E-state index contributed by atoms with van der Waals surface area (Å²) in [5.74, 6) is 0.982. The van der Waals surface area contributed by atoms with Crippen LogP contribution in [-0.2, 0) is 11.2 Å². The number of carbonyl (C=O) groups is 1. The van der Waals surface area contributed by atoms with Crippen LogP contribution in [0.25, 0.3) is 0 Å². The van der Waals surface area contributed by atoms with E-state index in [1.165, 1.54) is 11.1 Å². The fourth-order valence-corrected chi connectivity index (χ4v) is 3.11. The summed E-state index contributed by atoms with van der Waals surface area (Å²) in [6.45, 7) is 2.46. The Morgan fingerprint density at radius 1 is 1.36 bits per heavy atom. The molecule has 2 atom stereocenters. The minimum Gasteiger partial charge on any atom is -0.463 e. The van der Waals surface area contributed by atoms with Crippen molar-refractivity contribution >= 4 is 5.91 Å². The third kappa shape index (κ3) is 3.39. The second kappa shape index (κ2) is 6.79. The Kier molecular flexibility index (Phi) is 4.59. The summed E-state index contributed by atoms with van der Waals surface area (Å²) >= 11 is 0. The van der Waals surface area contributed by atoms with E-state index in [9.17, 15) is 4.79 Å². The van der Waals surface area contributed by atoms with Gasteiger partial charge in [-0.15, -0.1) is 0 Å². The Morgan fingerprint density at radius 2 is 2.23 bits per heavy atom. The van der Waals surface area contributed by atoms with Crippen molar-refractivity contribution in [2.24, 2.45) is 0 Å². The lowest BCUT2D eigenvalue weighted by Gasteiger charge is -2.26. The molecule has 1 aliphatic rings. The highest BCUT2D eigenvalue weighted by atomic mass is 16.3. The van der Waals surface area contributed by atoms with Crippen molar-refractivity contribution in [1.29, 1.82) is 0 Å². The van der Waals surface area contributed by atoms with Crippen LogP contribution in [0.1, 0.15) is 48.7 Å². The maximum Gasteiger partial charge on any atom is 0.275 e. The van der Waals surface area contributed by atoms with Crippen molar-refractivity contribution in [1.82, 2.24) is 5.32 Å². The second-order valence-corrected chi connectivity index (χ2v) is 5.96. The first-order valence-corrected chi connectivity index (χ1v) is 7.98. The SMILES string of the molecule is C[C@H]([NH2+]CC(=O)N[C@H]1CCCc2ccccc21)c1ccco1. The zero-order valence-corrected chi connectivity index (χ0v) is 12.9. The number of rotatable bonds is 5. The first-order chi connectivity index (χ1) is 10.7. The molecule has 3 N–H and O–H groups in total. The van der Waals surface area contributed by atoms with E-state index in [4.69, 9.17) is 4.42 Å². The number of furan rings is 1. The van der Waals surface area contributed by atoms with E-state index < -0.39 is 0 Å². The van der Waals surface area contributed by atoms with E-state index in [0.717, 1.165) is 25.0 Å². The number of aryl methyl sites for hydroxylation is 1. The molecule has 0 aliphatic heterocycles. The van der Waals surface area contributed by atoms with E-state index in [2.05, 4.69) is 29.6 Å². The normalized spacial score (nSPS) is 18.5. The molecule has 0 saturated carbocycles. The molecule has 4 nitrogen and oxygen atoms in total. The molecule has 1 amide bonds. The number of hydrogen-bond acceptors (Lipinski definition) is 2. The van der Waals surface area contributed by atoms with Crippen LogP contribution >= 0.6 is 0 Å². The Labute approximate surface area is 130 Å². The highest BCUT2D eigenvalue weighted by molar-refractivity contribution is 5.77. The summed E-state index contributed by atoms with van der Waals surface area (Å²) in [5, 5.41) is 5.18. The number of fused-ring (bicyclic) bond motifs is 1. The van der Waals surface area contributed by atoms with Gasteiger partial charge in [-0.05, 0) is 49.4 Å². The number of hydrogen-bond donors (Lipinski definition) is 2. The Balaban J connectivity index is 1.54. The summed E-state index contributed by atoms with van der Waals surface area (Å²) < 4.78 is 5.36. The summed E-state index contributed by atoms with van der Waals surface area (Å²) in [6.07, 6.45) is 4.94. The monoisotopic (exact) mass is 299 g/mol. The topological polar surface area (TPSA) is 58.9 Å². The predicted molar refractivity (Wildman–Crippen MR) is 84.2 cm³/mol. The van der Waals surface area contributed by atoms with Crippen LogP contribution in [0.2, 0.25) is 0 Å². The molecule has 1 aliphatic carbocycles. The summed E-state index contributed by atoms with van der Waals surface area (Å²) in [6, 6.07) is 12.5. The van der Waals surface area contributed by atoms with Gasteiger partial charge < -0.3 is 15.1 Å². The molecule has 1 heterocycles. The van der Waals surface area contributed by atoms with Crippen LogP contribution in [0.4, 0.5) is 0 Å². The second-order valence-electron chi connectivity index (χ2n) is 5.96. The Bertz CT molecular complexity index is 622. The number of amides is 1. The van der Waals surface area contributed by atoms with Gasteiger partial charge in [0.25, 0.3) is 5.91 Å². The number of quaternary nitrogens is 1. The van der Waals surface area contributed by atoms with Gasteiger partial charge in [0, 0.05) is 0 Å². The van der Waals surface area contributed by atoms with Crippen molar-refractivity contribution < 1.29 is 14.5 Å². The van der Waals surface area contributed by atoms with Crippen LogP contribution in [0, 0.1) is 0 Å². The van der Waals surface area contributed by atoms with E-state index in [0.29, 0.717) is 6.54 Å². The van der Waals surface area contributed by atoms with E-state index in [1.807, 2.05) is 24.4 Å². The van der Waals surface area contributed by atoms with Gasteiger partial charge >= 0.3 is 0 Å². The summed E-state index contributed by atoms with van der Waals surface area (Å²) in [7, 11) is 0. The minimum atomic E-state index is 0.0834. The van der Waals surface area contributed by atoms with Gasteiger partial charge in [0.2, 0.25) is 0 Å². The molecule has 3 rings (SSSR count). The van der Waals surface area contributed by atoms with E-state index in [1.54, 1.807) is 6.26 Å². The minimum absolute atomic E-state index is 0.0834. The molecule has 0 bridgehead atoms. The molecule has 0 unspecified atom stereocenters. The van der Waals surface area contributed by atoms with E-state index >= 15 is 0 Å². The van der Waals surface area contributed by atoms with Crippen molar-refractivity contribution in [3.63, 3.8) is 0 Å². The third-order valence-corrected chi connectivity index (χ3v) is 4.35. The van der Waals surface area contributed by atoms with Crippen LogP contribution in [0.3, 0.4) is 0 Å². The molecule has 1 aromatic carbocycles. The molecule has 22 heavy (non-hydrogen) atoms. The molecule has 0 spiro atoms. The Morgan fingerprint density at radius 3 is 3.05 bits per heavy atom. The fraction of sp³-hybridized carbons (Fsp3) is 0.389. The van der Waals surface area contributed by atoms with Crippen molar-refractivity contribution in [3.05, 3.63) is 59.5 Å². The van der Waals surface area contributed by atoms with Crippen molar-refractivity contribution in [2.75, 3.05) is 6.54 Å². The zero-order valence-electron chi connectivity index (χ0n) is 12.9. The maximum absolute atomic E-state index is 12.2. The smallest absolute Gasteiger partial charge is 0.275 e. The quantitative estimate of drug-likeness (QED) is 0.888. The predicted octanol–water partition coefficient (Wildman–Crippen LogP) is 2.10. The molecule has 4 heteroatoms. The largest absolute Gasteiger partial charge is 0.463 e. The lowest BCUT2D eigenvalue weighted by molar-refractivity contribution is -0.684. The molecule has 0 fully saturated rings. The Hall–Kier alpha value is -2.07.